The van der Waals surface area contributed by atoms with Gasteiger partial charge in [-0.25, -0.2) is 13.1 Å². The maximum Gasteiger partial charge on any atom is 0.240 e. The summed E-state index contributed by atoms with van der Waals surface area (Å²) in [7, 11) is -3.54. The largest absolute Gasteiger partial charge is 0.388 e. The van der Waals surface area contributed by atoms with E-state index in [4.69, 9.17) is 0 Å². The summed E-state index contributed by atoms with van der Waals surface area (Å²) in [5.41, 5.74) is 0.673. The molecule has 0 saturated carbocycles. The highest BCUT2D eigenvalue weighted by Gasteiger charge is 2.23. The molecule has 21 heavy (non-hydrogen) atoms. The van der Waals surface area contributed by atoms with Gasteiger partial charge < -0.3 is 5.11 Å². The molecule has 5 heteroatoms. The Kier molecular flexibility index (Phi) is 5.96. The van der Waals surface area contributed by atoms with Crippen LogP contribution in [0.3, 0.4) is 0 Å². The summed E-state index contributed by atoms with van der Waals surface area (Å²) in [5, 5.41) is 9.83. The fourth-order valence-electron chi connectivity index (χ4n) is 1.75. The van der Waals surface area contributed by atoms with Gasteiger partial charge in [-0.3, -0.25) is 0 Å². The lowest BCUT2D eigenvalue weighted by Gasteiger charge is -2.27. The van der Waals surface area contributed by atoms with E-state index in [-0.39, 0.29) is 16.2 Å². The minimum absolute atomic E-state index is 0.0444. The third-order valence-electron chi connectivity index (χ3n) is 4.00. The van der Waals surface area contributed by atoms with Gasteiger partial charge in [0.25, 0.3) is 0 Å². The second kappa shape index (κ2) is 6.90. The Bertz CT molecular complexity index is 561. The lowest BCUT2D eigenvalue weighted by molar-refractivity contribution is 0.173. The van der Waals surface area contributed by atoms with Crippen molar-refractivity contribution in [3.8, 4) is 0 Å². The number of benzene rings is 1. The molecule has 0 aliphatic rings. The molecule has 0 spiro atoms. The van der Waals surface area contributed by atoms with Crippen LogP contribution in [0.5, 0.6) is 0 Å². The number of sulfonamides is 1. The van der Waals surface area contributed by atoms with Gasteiger partial charge in [0.1, 0.15) is 0 Å². The van der Waals surface area contributed by atoms with Crippen molar-refractivity contribution in [2.45, 2.75) is 52.0 Å². The molecular formula is C16H27NO3S. The maximum absolute atomic E-state index is 12.3. The summed E-state index contributed by atoms with van der Waals surface area (Å²) in [6, 6.07) is 6.50. The zero-order chi connectivity index (χ0) is 16.3. The minimum Gasteiger partial charge on any atom is -0.388 e. The van der Waals surface area contributed by atoms with Crippen LogP contribution in [0.25, 0.3) is 0 Å². The second-order valence-electron chi connectivity index (χ2n) is 6.62. The molecule has 1 rings (SSSR count). The quantitative estimate of drug-likeness (QED) is 0.848. The van der Waals surface area contributed by atoms with Gasteiger partial charge in [0.05, 0.1) is 11.0 Å². The molecule has 0 aromatic heterocycles. The number of hydrogen-bond donors (Lipinski definition) is 2. The summed E-state index contributed by atoms with van der Waals surface area (Å²) >= 11 is 0. The van der Waals surface area contributed by atoms with Gasteiger partial charge in [-0.1, -0.05) is 46.8 Å². The topological polar surface area (TPSA) is 66.4 Å². The molecule has 4 nitrogen and oxygen atoms in total. The van der Waals surface area contributed by atoms with Gasteiger partial charge in [0.15, 0.2) is 0 Å². The lowest BCUT2D eigenvalue weighted by atomic mass is 9.82. The van der Waals surface area contributed by atoms with Crippen LogP contribution in [0.15, 0.2) is 29.2 Å². The maximum atomic E-state index is 12.3. The summed E-state index contributed by atoms with van der Waals surface area (Å²) in [4.78, 5) is 0.202. The molecule has 0 fully saturated rings. The first-order valence-corrected chi connectivity index (χ1v) is 8.84. The molecule has 2 N–H and O–H groups in total. The number of hydrogen-bond acceptors (Lipinski definition) is 3. The lowest BCUT2D eigenvalue weighted by Crippen LogP contribution is -2.33. The highest BCUT2D eigenvalue weighted by molar-refractivity contribution is 7.89. The second-order valence-corrected chi connectivity index (χ2v) is 8.38. The average molecular weight is 313 g/mol. The van der Waals surface area contributed by atoms with Crippen molar-refractivity contribution in [1.29, 1.82) is 0 Å². The molecule has 2 atom stereocenters. The zero-order valence-electron chi connectivity index (χ0n) is 13.6. The third kappa shape index (κ3) is 5.09. The summed E-state index contributed by atoms with van der Waals surface area (Å²) in [6.07, 6.45) is -0.0773. The van der Waals surface area contributed by atoms with Gasteiger partial charge in [-0.15, -0.1) is 0 Å². The Morgan fingerprint density at radius 3 is 2.43 bits per heavy atom. The fourth-order valence-corrected chi connectivity index (χ4v) is 2.93. The molecule has 1 aromatic carbocycles. The average Bonchev–Trinajstić information content (AvgIpc) is 2.43. The zero-order valence-corrected chi connectivity index (χ0v) is 14.4. The molecule has 0 aliphatic carbocycles. The Balaban J connectivity index is 2.89. The van der Waals surface area contributed by atoms with E-state index in [1.165, 1.54) is 6.07 Å². The third-order valence-corrected chi connectivity index (χ3v) is 5.42. The molecule has 0 saturated heterocycles. The van der Waals surface area contributed by atoms with Crippen molar-refractivity contribution in [3.05, 3.63) is 29.8 Å². The van der Waals surface area contributed by atoms with Crippen molar-refractivity contribution in [2.75, 3.05) is 6.54 Å². The SMILES string of the molecule is CCC(O)c1cccc(S(=O)(=O)NCC(C)C(C)(C)C)c1. The molecule has 0 radical (unpaired) electrons. The predicted octanol–water partition coefficient (Wildman–Crippen LogP) is 3.09. The number of nitrogens with one attached hydrogen (secondary N) is 1. The fraction of sp³-hybridized carbons (Fsp3) is 0.625. The number of aliphatic hydroxyl groups excluding tert-OH is 1. The molecule has 0 amide bonds. The van der Waals surface area contributed by atoms with Crippen molar-refractivity contribution in [2.24, 2.45) is 11.3 Å². The smallest absolute Gasteiger partial charge is 0.240 e. The standard InChI is InChI=1S/C16H27NO3S/c1-6-15(18)13-8-7-9-14(10-13)21(19,20)17-11-12(2)16(3,4)5/h7-10,12,15,17-18H,6,11H2,1-5H3. The van der Waals surface area contributed by atoms with E-state index >= 15 is 0 Å². The van der Waals surface area contributed by atoms with Gasteiger partial charge in [-0.05, 0) is 35.4 Å². The highest BCUT2D eigenvalue weighted by atomic mass is 32.2. The molecule has 0 heterocycles. The summed E-state index contributed by atoms with van der Waals surface area (Å²) in [6.45, 7) is 10.5. The molecule has 0 bridgehead atoms. The van der Waals surface area contributed by atoms with E-state index in [0.29, 0.717) is 18.5 Å². The Morgan fingerprint density at radius 1 is 1.29 bits per heavy atom. The molecular weight excluding hydrogens is 286 g/mol. The van der Waals surface area contributed by atoms with E-state index in [1.807, 2.05) is 13.8 Å². The van der Waals surface area contributed by atoms with Crippen molar-refractivity contribution >= 4 is 10.0 Å². The first kappa shape index (κ1) is 18.1. The predicted molar refractivity (Wildman–Crippen MR) is 85.5 cm³/mol. The van der Waals surface area contributed by atoms with E-state index in [0.717, 1.165) is 0 Å². The van der Waals surface area contributed by atoms with Gasteiger partial charge >= 0.3 is 0 Å². The van der Waals surface area contributed by atoms with Crippen molar-refractivity contribution in [3.63, 3.8) is 0 Å². The van der Waals surface area contributed by atoms with Crippen molar-refractivity contribution in [1.82, 2.24) is 4.72 Å². The normalized spacial score (nSPS) is 15.7. The van der Waals surface area contributed by atoms with Crippen LogP contribution < -0.4 is 4.72 Å². The Morgan fingerprint density at radius 2 is 1.90 bits per heavy atom. The van der Waals surface area contributed by atoms with Crippen molar-refractivity contribution < 1.29 is 13.5 Å². The van der Waals surface area contributed by atoms with Crippen LogP contribution >= 0.6 is 0 Å². The van der Waals surface area contributed by atoms with E-state index in [1.54, 1.807) is 18.2 Å². The van der Waals surface area contributed by atoms with E-state index in [9.17, 15) is 13.5 Å². The van der Waals surface area contributed by atoms with Crippen LogP contribution in [0.4, 0.5) is 0 Å². The van der Waals surface area contributed by atoms with Crippen LogP contribution in [-0.4, -0.2) is 20.1 Å². The summed E-state index contributed by atoms with van der Waals surface area (Å²) < 4.78 is 27.3. The van der Waals surface area contributed by atoms with E-state index < -0.39 is 16.1 Å². The Hall–Kier alpha value is -0.910. The van der Waals surface area contributed by atoms with Crippen LogP contribution in [-0.2, 0) is 10.0 Å². The highest BCUT2D eigenvalue weighted by Crippen LogP contribution is 2.25. The van der Waals surface area contributed by atoms with Gasteiger partial charge in [0, 0.05) is 6.54 Å². The van der Waals surface area contributed by atoms with Gasteiger partial charge in [-0.2, -0.15) is 0 Å². The molecule has 1 aromatic rings. The van der Waals surface area contributed by atoms with Gasteiger partial charge in [0.2, 0.25) is 10.0 Å². The summed E-state index contributed by atoms with van der Waals surface area (Å²) in [5.74, 6) is 0.219. The molecule has 2 unspecified atom stereocenters. The monoisotopic (exact) mass is 313 g/mol. The number of rotatable bonds is 6. The molecule has 0 aliphatic heterocycles. The van der Waals surface area contributed by atoms with Crippen LogP contribution in [0, 0.1) is 11.3 Å². The van der Waals surface area contributed by atoms with Crippen LogP contribution in [0.2, 0.25) is 0 Å². The Labute approximate surface area is 128 Å². The minimum atomic E-state index is -3.54. The van der Waals surface area contributed by atoms with E-state index in [2.05, 4.69) is 25.5 Å². The van der Waals surface area contributed by atoms with Crippen LogP contribution in [0.1, 0.15) is 52.7 Å². The molecule has 120 valence electrons. The first-order valence-electron chi connectivity index (χ1n) is 7.35. The number of aliphatic hydroxyl groups is 1. The first-order chi connectivity index (χ1) is 9.58.